The van der Waals surface area contributed by atoms with Gasteiger partial charge in [0.2, 0.25) is 10.0 Å². The molecule has 0 saturated carbocycles. The van der Waals surface area contributed by atoms with Crippen molar-refractivity contribution in [2.45, 2.75) is 51.7 Å². The molecule has 1 heterocycles. The van der Waals surface area contributed by atoms with Gasteiger partial charge in [0, 0.05) is 24.3 Å². The third-order valence-corrected chi connectivity index (χ3v) is 6.86. The van der Waals surface area contributed by atoms with E-state index in [0.717, 1.165) is 22.4 Å². The normalized spacial score (nSPS) is 20.4. The highest BCUT2D eigenvalue weighted by atomic mass is 32.2. The largest absolute Gasteiger partial charge is 0.373 e. The summed E-state index contributed by atoms with van der Waals surface area (Å²) >= 11 is 0. The monoisotopic (exact) mass is 416 g/mol. The molecule has 0 aliphatic carbocycles. The van der Waals surface area contributed by atoms with E-state index in [1.807, 2.05) is 46.8 Å². The predicted octanol–water partition coefficient (Wildman–Crippen LogP) is 3.66. The van der Waals surface area contributed by atoms with Crippen LogP contribution in [-0.2, 0) is 14.8 Å². The molecule has 1 aliphatic rings. The van der Waals surface area contributed by atoms with Crippen LogP contribution < -0.4 is 5.32 Å². The van der Waals surface area contributed by atoms with Gasteiger partial charge in [-0.2, -0.15) is 4.31 Å². The maximum Gasteiger partial charge on any atom is 0.255 e. The van der Waals surface area contributed by atoms with Gasteiger partial charge in [-0.25, -0.2) is 8.42 Å². The Balaban J connectivity index is 1.87. The lowest BCUT2D eigenvalue weighted by Crippen LogP contribution is -2.48. The lowest BCUT2D eigenvalue weighted by Gasteiger charge is -2.34. The molecule has 2 atom stereocenters. The Kier molecular flexibility index (Phi) is 6.12. The minimum absolute atomic E-state index is 0.115. The van der Waals surface area contributed by atoms with Gasteiger partial charge in [-0.15, -0.1) is 0 Å². The van der Waals surface area contributed by atoms with E-state index in [2.05, 4.69) is 5.32 Å². The van der Waals surface area contributed by atoms with Crippen LogP contribution in [0.1, 0.15) is 40.9 Å². The third kappa shape index (κ3) is 4.69. The highest BCUT2D eigenvalue weighted by Crippen LogP contribution is 2.25. The number of rotatable bonds is 4. The Morgan fingerprint density at radius 3 is 2.21 bits per heavy atom. The number of carbonyl (C=O) groups is 1. The van der Waals surface area contributed by atoms with E-state index in [1.54, 1.807) is 12.1 Å². The van der Waals surface area contributed by atoms with Gasteiger partial charge in [0.1, 0.15) is 0 Å². The fourth-order valence-corrected chi connectivity index (χ4v) is 5.47. The molecule has 2 aromatic rings. The van der Waals surface area contributed by atoms with Crippen molar-refractivity contribution in [1.82, 2.24) is 4.31 Å². The maximum atomic E-state index is 13.1. The molecular formula is C22H28N2O4S. The summed E-state index contributed by atoms with van der Waals surface area (Å²) in [5, 5.41) is 2.93. The highest BCUT2D eigenvalue weighted by molar-refractivity contribution is 7.89. The van der Waals surface area contributed by atoms with Crippen molar-refractivity contribution in [2.75, 3.05) is 18.4 Å². The molecule has 1 saturated heterocycles. The van der Waals surface area contributed by atoms with E-state index >= 15 is 0 Å². The number of ether oxygens (including phenoxy) is 1. The zero-order chi connectivity index (χ0) is 21.3. The first-order valence-electron chi connectivity index (χ1n) is 9.73. The minimum atomic E-state index is -3.71. The quantitative estimate of drug-likeness (QED) is 0.825. The van der Waals surface area contributed by atoms with Gasteiger partial charge in [-0.05, 0) is 63.9 Å². The highest BCUT2D eigenvalue weighted by Gasteiger charge is 2.32. The fraction of sp³-hybridized carbons (Fsp3) is 0.409. The zero-order valence-electron chi connectivity index (χ0n) is 17.5. The lowest BCUT2D eigenvalue weighted by atomic mass is 10.0. The summed E-state index contributed by atoms with van der Waals surface area (Å²) in [7, 11) is -3.71. The van der Waals surface area contributed by atoms with E-state index < -0.39 is 10.0 Å². The molecule has 0 spiro atoms. The first-order chi connectivity index (χ1) is 13.6. The second-order valence-electron chi connectivity index (χ2n) is 7.84. The summed E-state index contributed by atoms with van der Waals surface area (Å²) in [6.07, 6.45) is -0.347. The Bertz CT molecular complexity index is 1000. The summed E-state index contributed by atoms with van der Waals surface area (Å²) in [4.78, 5) is 12.9. The molecule has 0 radical (unpaired) electrons. The van der Waals surface area contributed by atoms with Crippen molar-refractivity contribution in [3.63, 3.8) is 0 Å². The number of morpholine rings is 1. The van der Waals surface area contributed by atoms with Crippen LogP contribution in [-0.4, -0.2) is 43.9 Å². The lowest BCUT2D eigenvalue weighted by molar-refractivity contribution is -0.0440. The van der Waals surface area contributed by atoms with E-state index in [9.17, 15) is 13.2 Å². The van der Waals surface area contributed by atoms with Crippen LogP contribution in [0.4, 0.5) is 5.69 Å². The van der Waals surface area contributed by atoms with Crippen molar-refractivity contribution in [2.24, 2.45) is 0 Å². The number of carbonyl (C=O) groups excluding carboxylic acids is 1. The first-order valence-corrected chi connectivity index (χ1v) is 11.2. The topological polar surface area (TPSA) is 75.7 Å². The molecular weight excluding hydrogens is 388 g/mol. The molecule has 0 bridgehead atoms. The molecule has 1 aliphatic heterocycles. The van der Waals surface area contributed by atoms with E-state index in [1.165, 1.54) is 16.4 Å². The molecule has 3 rings (SSSR count). The first kappa shape index (κ1) is 21.5. The molecule has 29 heavy (non-hydrogen) atoms. The van der Waals surface area contributed by atoms with Crippen LogP contribution in [0.15, 0.2) is 41.3 Å². The van der Waals surface area contributed by atoms with Crippen molar-refractivity contribution in [3.8, 4) is 0 Å². The summed E-state index contributed by atoms with van der Waals surface area (Å²) < 4.78 is 33.3. The SMILES string of the molecule is Cc1cc(C)c(NC(=O)c2cccc(S(=O)(=O)N3C[C@@H](C)O[C@H](C)C3)c2)c(C)c1. The molecule has 2 aromatic carbocycles. The fourth-order valence-electron chi connectivity index (χ4n) is 3.84. The van der Waals surface area contributed by atoms with Gasteiger partial charge in [0.25, 0.3) is 5.91 Å². The molecule has 156 valence electrons. The third-order valence-electron chi connectivity index (χ3n) is 5.04. The summed E-state index contributed by atoms with van der Waals surface area (Å²) in [5.41, 5.74) is 4.12. The molecule has 1 fully saturated rings. The van der Waals surface area contributed by atoms with Crippen LogP contribution in [0, 0.1) is 20.8 Å². The van der Waals surface area contributed by atoms with Crippen molar-refractivity contribution in [1.29, 1.82) is 0 Å². The number of nitrogens with one attached hydrogen (secondary N) is 1. The summed E-state index contributed by atoms with van der Waals surface area (Å²) in [6, 6.07) is 10.2. The van der Waals surface area contributed by atoms with Gasteiger partial charge in [-0.1, -0.05) is 23.8 Å². The Hall–Kier alpha value is -2.22. The van der Waals surface area contributed by atoms with Gasteiger partial charge >= 0.3 is 0 Å². The van der Waals surface area contributed by atoms with E-state index in [-0.39, 0.29) is 23.0 Å². The predicted molar refractivity (Wildman–Crippen MR) is 114 cm³/mol. The van der Waals surface area contributed by atoms with Gasteiger partial charge < -0.3 is 10.1 Å². The number of sulfonamides is 1. The minimum Gasteiger partial charge on any atom is -0.373 e. The zero-order valence-corrected chi connectivity index (χ0v) is 18.3. The molecule has 1 N–H and O–H groups in total. The van der Waals surface area contributed by atoms with Crippen LogP contribution in [0.5, 0.6) is 0 Å². The number of benzene rings is 2. The number of amides is 1. The average Bonchev–Trinajstić information content (AvgIpc) is 2.63. The van der Waals surface area contributed by atoms with Crippen LogP contribution >= 0.6 is 0 Å². The number of aryl methyl sites for hydroxylation is 3. The molecule has 1 amide bonds. The van der Waals surface area contributed by atoms with Crippen LogP contribution in [0.25, 0.3) is 0 Å². The number of nitrogens with zero attached hydrogens (tertiary/aromatic N) is 1. The van der Waals surface area contributed by atoms with Gasteiger partial charge in [-0.3, -0.25) is 4.79 Å². The Labute approximate surface area is 172 Å². The average molecular weight is 417 g/mol. The molecule has 6 nitrogen and oxygen atoms in total. The smallest absolute Gasteiger partial charge is 0.255 e. The van der Waals surface area contributed by atoms with E-state index in [0.29, 0.717) is 18.7 Å². The second-order valence-corrected chi connectivity index (χ2v) is 9.77. The van der Waals surface area contributed by atoms with Crippen molar-refractivity contribution >= 4 is 21.6 Å². The molecule has 0 aromatic heterocycles. The van der Waals surface area contributed by atoms with Crippen molar-refractivity contribution in [3.05, 3.63) is 58.7 Å². The van der Waals surface area contributed by atoms with Crippen molar-refractivity contribution < 1.29 is 17.9 Å². The standard InChI is InChI=1S/C22H28N2O4S/c1-14-9-15(2)21(16(3)10-14)23-22(25)19-7-6-8-20(11-19)29(26,27)24-12-17(4)28-18(5)13-24/h6-11,17-18H,12-13H2,1-5H3,(H,23,25)/t17-,18-/m1/s1. The van der Waals surface area contributed by atoms with Gasteiger partial charge in [0.05, 0.1) is 17.1 Å². The van der Waals surface area contributed by atoms with E-state index in [4.69, 9.17) is 4.74 Å². The maximum absolute atomic E-state index is 13.1. The molecule has 0 unspecified atom stereocenters. The van der Waals surface area contributed by atoms with Crippen LogP contribution in [0.3, 0.4) is 0 Å². The summed E-state index contributed by atoms with van der Waals surface area (Å²) in [6.45, 7) is 10.2. The number of hydrogen-bond acceptors (Lipinski definition) is 4. The number of hydrogen-bond donors (Lipinski definition) is 1. The van der Waals surface area contributed by atoms with Gasteiger partial charge in [0.15, 0.2) is 0 Å². The van der Waals surface area contributed by atoms with Crippen LogP contribution in [0.2, 0.25) is 0 Å². The summed E-state index contributed by atoms with van der Waals surface area (Å²) in [5.74, 6) is -0.333. The molecule has 7 heteroatoms. The second kappa shape index (κ2) is 8.26. The Morgan fingerprint density at radius 2 is 1.62 bits per heavy atom. The number of anilines is 1. The Morgan fingerprint density at radius 1 is 1.03 bits per heavy atom.